The predicted molar refractivity (Wildman–Crippen MR) is 61.4 cm³/mol. The van der Waals surface area contributed by atoms with Gasteiger partial charge in [-0.2, -0.15) is 0 Å². The number of aliphatic carboxylic acids is 1. The van der Waals surface area contributed by atoms with Crippen molar-refractivity contribution in [2.24, 2.45) is 0 Å². The molecule has 6 heteroatoms. The lowest BCUT2D eigenvalue weighted by Gasteiger charge is -2.19. The van der Waals surface area contributed by atoms with E-state index in [1.54, 1.807) is 25.4 Å². The zero-order chi connectivity index (χ0) is 12.7. The minimum absolute atomic E-state index is 0.296. The predicted octanol–water partition coefficient (Wildman–Crippen LogP) is 0.698. The van der Waals surface area contributed by atoms with E-state index in [2.05, 4.69) is 10.3 Å². The molecule has 0 aromatic carbocycles. The fraction of sp³-hybridized carbons (Fsp3) is 0.364. The second-order valence-corrected chi connectivity index (χ2v) is 3.43. The molecule has 1 heterocycles. The number of hydrogen-bond acceptors (Lipinski definition) is 3. The Morgan fingerprint density at radius 1 is 1.53 bits per heavy atom. The highest BCUT2D eigenvalue weighted by Gasteiger charge is 2.13. The van der Waals surface area contributed by atoms with Crippen LogP contribution in [-0.4, -0.2) is 40.1 Å². The number of carbonyl (C=O) groups excluding carboxylic acids is 1. The average Bonchev–Trinajstić information content (AvgIpc) is 2.34. The molecule has 0 saturated carbocycles. The second kappa shape index (κ2) is 6.47. The average molecular weight is 237 g/mol. The molecule has 0 atom stereocenters. The summed E-state index contributed by atoms with van der Waals surface area (Å²) in [5.41, 5.74) is 0.868. The summed E-state index contributed by atoms with van der Waals surface area (Å²) in [7, 11) is 0. The van der Waals surface area contributed by atoms with Gasteiger partial charge in [0.2, 0.25) is 0 Å². The Morgan fingerprint density at radius 2 is 2.29 bits per heavy atom. The highest BCUT2D eigenvalue weighted by atomic mass is 16.4. The van der Waals surface area contributed by atoms with Gasteiger partial charge in [-0.1, -0.05) is 6.07 Å². The molecular weight excluding hydrogens is 222 g/mol. The van der Waals surface area contributed by atoms with E-state index in [4.69, 9.17) is 5.11 Å². The molecule has 0 spiro atoms. The summed E-state index contributed by atoms with van der Waals surface area (Å²) in [6.07, 6.45) is 3.29. The first-order chi connectivity index (χ1) is 8.13. The number of urea groups is 1. The summed E-state index contributed by atoms with van der Waals surface area (Å²) in [6, 6.07) is 3.22. The summed E-state index contributed by atoms with van der Waals surface area (Å²) in [6.45, 7) is 2.12. The summed E-state index contributed by atoms with van der Waals surface area (Å²) in [5.74, 6) is -1.02. The number of amides is 2. The van der Waals surface area contributed by atoms with E-state index in [-0.39, 0.29) is 6.54 Å². The number of nitrogens with one attached hydrogen (secondary N) is 1. The van der Waals surface area contributed by atoms with Crippen molar-refractivity contribution in [2.75, 3.05) is 13.1 Å². The summed E-state index contributed by atoms with van der Waals surface area (Å²) in [4.78, 5) is 27.3. The van der Waals surface area contributed by atoms with E-state index < -0.39 is 12.0 Å². The minimum atomic E-state index is -1.02. The second-order valence-electron chi connectivity index (χ2n) is 3.43. The van der Waals surface area contributed by atoms with Crippen LogP contribution in [0.4, 0.5) is 4.79 Å². The number of likely N-dealkylation sites (N-methyl/N-ethyl adjacent to an activating group) is 1. The van der Waals surface area contributed by atoms with Gasteiger partial charge in [0.05, 0.1) is 0 Å². The number of carboxylic acids is 1. The van der Waals surface area contributed by atoms with Crippen molar-refractivity contribution in [3.8, 4) is 0 Å². The molecule has 0 bridgehead atoms. The van der Waals surface area contributed by atoms with Crippen LogP contribution in [0.3, 0.4) is 0 Å². The van der Waals surface area contributed by atoms with Gasteiger partial charge in [0.15, 0.2) is 0 Å². The van der Waals surface area contributed by atoms with Gasteiger partial charge in [-0.25, -0.2) is 4.79 Å². The maximum atomic E-state index is 11.6. The smallest absolute Gasteiger partial charge is 0.323 e. The first-order valence-corrected chi connectivity index (χ1v) is 5.27. The lowest BCUT2D eigenvalue weighted by atomic mass is 10.3. The maximum absolute atomic E-state index is 11.6. The third-order valence-electron chi connectivity index (χ3n) is 2.16. The number of rotatable bonds is 5. The normalized spacial score (nSPS) is 9.71. The van der Waals surface area contributed by atoms with Gasteiger partial charge in [0.1, 0.15) is 6.54 Å². The fourth-order valence-electron chi connectivity index (χ4n) is 1.28. The zero-order valence-corrected chi connectivity index (χ0v) is 9.59. The molecule has 6 nitrogen and oxygen atoms in total. The van der Waals surface area contributed by atoms with Crippen molar-refractivity contribution in [1.82, 2.24) is 15.2 Å². The molecule has 2 N–H and O–H groups in total. The Bertz CT molecular complexity index is 381. The number of carboxylic acid groups (broad SMARTS) is 1. The molecule has 0 fully saturated rings. The molecule has 1 aromatic rings. The Kier molecular flexibility index (Phi) is 4.93. The van der Waals surface area contributed by atoms with Crippen LogP contribution >= 0.6 is 0 Å². The molecule has 0 saturated heterocycles. The van der Waals surface area contributed by atoms with Crippen LogP contribution in [-0.2, 0) is 11.3 Å². The fourth-order valence-corrected chi connectivity index (χ4v) is 1.28. The molecular formula is C11H15N3O3. The van der Waals surface area contributed by atoms with E-state index in [0.29, 0.717) is 13.1 Å². The lowest BCUT2D eigenvalue weighted by molar-refractivity contribution is -0.137. The van der Waals surface area contributed by atoms with Crippen LogP contribution in [0, 0.1) is 0 Å². The minimum Gasteiger partial charge on any atom is -0.480 e. The van der Waals surface area contributed by atoms with Crippen LogP contribution in [0.25, 0.3) is 0 Å². The van der Waals surface area contributed by atoms with E-state index in [0.717, 1.165) is 5.56 Å². The molecule has 0 aliphatic heterocycles. The van der Waals surface area contributed by atoms with Crippen LogP contribution in [0.1, 0.15) is 12.5 Å². The van der Waals surface area contributed by atoms with Gasteiger partial charge >= 0.3 is 12.0 Å². The van der Waals surface area contributed by atoms with Crippen molar-refractivity contribution < 1.29 is 14.7 Å². The standard InChI is InChI=1S/C11H15N3O3/c1-2-14(8-10(15)16)11(17)13-7-9-4-3-5-12-6-9/h3-6H,2,7-8H2,1H3,(H,13,17)(H,15,16). The molecule has 17 heavy (non-hydrogen) atoms. The molecule has 92 valence electrons. The monoisotopic (exact) mass is 237 g/mol. The van der Waals surface area contributed by atoms with Crippen molar-refractivity contribution in [1.29, 1.82) is 0 Å². The topological polar surface area (TPSA) is 82.5 Å². The van der Waals surface area contributed by atoms with E-state index in [1.807, 2.05) is 6.07 Å². The largest absolute Gasteiger partial charge is 0.480 e. The SMILES string of the molecule is CCN(CC(=O)O)C(=O)NCc1cccnc1. The molecule has 1 aromatic heterocycles. The van der Waals surface area contributed by atoms with Gasteiger partial charge < -0.3 is 15.3 Å². The van der Waals surface area contributed by atoms with Crippen LogP contribution in [0.2, 0.25) is 0 Å². The summed E-state index contributed by atoms with van der Waals surface area (Å²) < 4.78 is 0. The lowest BCUT2D eigenvalue weighted by Crippen LogP contribution is -2.42. The maximum Gasteiger partial charge on any atom is 0.323 e. The van der Waals surface area contributed by atoms with Crippen LogP contribution in [0.15, 0.2) is 24.5 Å². The molecule has 2 amide bonds. The van der Waals surface area contributed by atoms with Gasteiger partial charge in [-0.15, -0.1) is 0 Å². The number of aromatic nitrogens is 1. The third-order valence-corrected chi connectivity index (χ3v) is 2.16. The van der Waals surface area contributed by atoms with Crippen molar-refractivity contribution in [3.05, 3.63) is 30.1 Å². The summed E-state index contributed by atoms with van der Waals surface area (Å²) in [5, 5.41) is 11.3. The van der Waals surface area contributed by atoms with Crippen molar-refractivity contribution in [2.45, 2.75) is 13.5 Å². The van der Waals surface area contributed by atoms with Crippen LogP contribution < -0.4 is 5.32 Å². The first kappa shape index (κ1) is 13.0. The molecule has 0 radical (unpaired) electrons. The van der Waals surface area contributed by atoms with Gasteiger partial charge in [-0.05, 0) is 18.6 Å². The quantitative estimate of drug-likeness (QED) is 0.789. The Morgan fingerprint density at radius 3 is 2.82 bits per heavy atom. The third kappa shape index (κ3) is 4.50. The van der Waals surface area contributed by atoms with Gasteiger partial charge in [-0.3, -0.25) is 9.78 Å². The molecule has 0 aliphatic rings. The van der Waals surface area contributed by atoms with Crippen molar-refractivity contribution in [3.63, 3.8) is 0 Å². The van der Waals surface area contributed by atoms with Gasteiger partial charge in [0, 0.05) is 25.5 Å². The summed E-state index contributed by atoms with van der Waals surface area (Å²) >= 11 is 0. The number of nitrogens with zero attached hydrogens (tertiary/aromatic N) is 2. The van der Waals surface area contributed by atoms with Crippen LogP contribution in [0.5, 0.6) is 0 Å². The molecule has 0 unspecified atom stereocenters. The number of carbonyl (C=O) groups is 2. The van der Waals surface area contributed by atoms with E-state index >= 15 is 0 Å². The Balaban J connectivity index is 2.45. The van der Waals surface area contributed by atoms with Gasteiger partial charge in [0.25, 0.3) is 0 Å². The van der Waals surface area contributed by atoms with E-state index in [1.165, 1.54) is 4.90 Å². The first-order valence-electron chi connectivity index (χ1n) is 5.27. The molecule has 0 aliphatic carbocycles. The van der Waals surface area contributed by atoms with Crippen molar-refractivity contribution >= 4 is 12.0 Å². The number of pyridine rings is 1. The Labute approximate surface area is 99.3 Å². The molecule has 1 rings (SSSR count). The zero-order valence-electron chi connectivity index (χ0n) is 9.59. The highest BCUT2D eigenvalue weighted by molar-refractivity contribution is 5.79. The van der Waals surface area contributed by atoms with E-state index in [9.17, 15) is 9.59 Å². The highest BCUT2D eigenvalue weighted by Crippen LogP contribution is 1.96. The Hall–Kier alpha value is -2.11. The number of hydrogen-bond donors (Lipinski definition) is 2.